The van der Waals surface area contributed by atoms with Gasteiger partial charge >= 0.3 is 6.09 Å². The van der Waals surface area contributed by atoms with Gasteiger partial charge in [0.25, 0.3) is 0 Å². The largest absolute Gasteiger partial charge is 0.491 e. The van der Waals surface area contributed by atoms with Crippen molar-refractivity contribution in [3.63, 3.8) is 0 Å². The van der Waals surface area contributed by atoms with E-state index in [4.69, 9.17) is 4.74 Å². The van der Waals surface area contributed by atoms with E-state index in [9.17, 15) is 14.7 Å². The Labute approximate surface area is 223 Å². The first-order valence-corrected chi connectivity index (χ1v) is 13.0. The van der Waals surface area contributed by atoms with Gasteiger partial charge in [-0.2, -0.15) is 0 Å². The van der Waals surface area contributed by atoms with Crippen LogP contribution >= 0.6 is 0 Å². The number of nitrogens with zero attached hydrogens (tertiary/aromatic N) is 6. The standard InChI is InChI=1S/C26H29N9O4/c36-25(20(33-26(37)38)9-17-10-27-13-28-17)34-8-6-16-3-1-5-21(19(16)11-34)39-12-18-4-2-7-35(18)24-22-23(30-14-29-22)31-15-32-24/h1,3,5,10,13-15,18,20,33H,2,4,6-9,11-12H2,(H,27,28)(H,37,38)(H,29,30,31,32)/t18?,20-/m1/s1. The van der Waals surface area contributed by atoms with Crippen LogP contribution in [0.15, 0.2) is 43.4 Å². The van der Waals surface area contributed by atoms with Crippen molar-refractivity contribution in [2.45, 2.75) is 44.3 Å². The molecule has 13 heteroatoms. The van der Waals surface area contributed by atoms with Gasteiger partial charge < -0.3 is 34.9 Å². The summed E-state index contributed by atoms with van der Waals surface area (Å²) in [6.07, 6.45) is 7.86. The Bertz CT molecular complexity index is 1470. The number of imidazole rings is 2. The molecule has 39 heavy (non-hydrogen) atoms. The van der Waals surface area contributed by atoms with E-state index in [0.29, 0.717) is 37.5 Å². The summed E-state index contributed by atoms with van der Waals surface area (Å²) in [5.74, 6) is 1.29. The summed E-state index contributed by atoms with van der Waals surface area (Å²) in [6, 6.07) is 5.17. The van der Waals surface area contributed by atoms with Crippen LogP contribution in [0.25, 0.3) is 11.2 Å². The second kappa shape index (κ2) is 10.6. The minimum atomic E-state index is -1.24. The number of amides is 2. The number of aromatic amines is 2. The Kier molecular flexibility index (Phi) is 6.69. The molecule has 1 aromatic carbocycles. The molecule has 1 fully saturated rings. The summed E-state index contributed by atoms with van der Waals surface area (Å²) in [4.78, 5) is 51.8. The zero-order chi connectivity index (χ0) is 26.8. The Balaban J connectivity index is 1.17. The fraction of sp³-hybridized carbons (Fsp3) is 0.385. The number of carbonyl (C=O) groups excluding carboxylic acids is 1. The molecule has 6 rings (SSSR count). The Morgan fingerprint density at radius 3 is 2.95 bits per heavy atom. The van der Waals surface area contributed by atoms with Crippen molar-refractivity contribution in [2.75, 3.05) is 24.6 Å². The smallest absolute Gasteiger partial charge is 0.405 e. The number of carbonyl (C=O) groups is 2. The SMILES string of the molecule is O=C(O)N[C@H](Cc1cnc[nH]1)C(=O)N1CCc2cccc(OCC3CCCN3c3ncnc4nc[nH]c34)c2C1. The Hall–Kier alpha value is -4.68. The van der Waals surface area contributed by atoms with E-state index >= 15 is 0 Å². The van der Waals surface area contributed by atoms with E-state index in [2.05, 4.69) is 46.2 Å². The van der Waals surface area contributed by atoms with Gasteiger partial charge in [-0.25, -0.2) is 24.7 Å². The van der Waals surface area contributed by atoms with Crippen LogP contribution in [0, 0.1) is 0 Å². The fourth-order valence-electron chi connectivity index (χ4n) is 5.50. The van der Waals surface area contributed by atoms with Crippen LogP contribution in [0.5, 0.6) is 5.75 Å². The molecule has 2 atom stereocenters. The van der Waals surface area contributed by atoms with Crippen molar-refractivity contribution in [3.05, 3.63) is 60.2 Å². The van der Waals surface area contributed by atoms with E-state index in [1.165, 1.54) is 12.7 Å². The number of ether oxygens (including phenoxy) is 1. The predicted molar refractivity (Wildman–Crippen MR) is 140 cm³/mol. The summed E-state index contributed by atoms with van der Waals surface area (Å²) >= 11 is 0. The van der Waals surface area contributed by atoms with E-state index in [1.54, 1.807) is 17.4 Å². The Morgan fingerprint density at radius 2 is 2.10 bits per heavy atom. The molecular formula is C26H29N9O4. The van der Waals surface area contributed by atoms with E-state index < -0.39 is 12.1 Å². The van der Waals surface area contributed by atoms with Crippen LogP contribution in [0.3, 0.4) is 0 Å². The highest BCUT2D eigenvalue weighted by atomic mass is 16.5. The molecular weight excluding hydrogens is 502 g/mol. The molecule has 2 aliphatic rings. The topological polar surface area (TPSA) is 165 Å². The van der Waals surface area contributed by atoms with Crippen LogP contribution in [0.1, 0.15) is 29.7 Å². The molecule has 202 valence electrons. The number of benzene rings is 1. The quantitative estimate of drug-likeness (QED) is 0.266. The van der Waals surface area contributed by atoms with Gasteiger partial charge in [0.05, 0.1) is 18.7 Å². The maximum atomic E-state index is 13.4. The minimum absolute atomic E-state index is 0.127. The molecule has 2 aliphatic heterocycles. The van der Waals surface area contributed by atoms with Crippen molar-refractivity contribution >= 4 is 29.0 Å². The lowest BCUT2D eigenvalue weighted by atomic mass is 9.97. The van der Waals surface area contributed by atoms with Gasteiger partial charge in [-0.1, -0.05) is 12.1 Å². The van der Waals surface area contributed by atoms with Crippen molar-refractivity contribution in [3.8, 4) is 5.75 Å². The average molecular weight is 532 g/mol. The number of nitrogens with one attached hydrogen (secondary N) is 3. The van der Waals surface area contributed by atoms with Gasteiger partial charge in [-0.15, -0.1) is 0 Å². The Morgan fingerprint density at radius 1 is 1.18 bits per heavy atom. The molecule has 3 aromatic heterocycles. The summed E-state index contributed by atoms with van der Waals surface area (Å²) in [6.45, 7) is 2.18. The molecule has 0 spiro atoms. The van der Waals surface area contributed by atoms with Gasteiger partial charge in [-0.3, -0.25) is 4.79 Å². The number of rotatable bonds is 8. The monoisotopic (exact) mass is 531 g/mol. The molecule has 2 amide bonds. The van der Waals surface area contributed by atoms with Gasteiger partial charge in [0.1, 0.15) is 30.2 Å². The van der Waals surface area contributed by atoms with E-state index in [-0.39, 0.29) is 18.4 Å². The number of carboxylic acid groups (broad SMARTS) is 1. The molecule has 4 aromatic rings. The van der Waals surface area contributed by atoms with E-state index in [1.807, 2.05) is 12.1 Å². The maximum Gasteiger partial charge on any atom is 0.405 e. The second-order valence-corrected chi connectivity index (χ2v) is 9.79. The zero-order valence-electron chi connectivity index (χ0n) is 21.2. The molecule has 0 saturated carbocycles. The summed E-state index contributed by atoms with van der Waals surface area (Å²) in [5.41, 5.74) is 4.22. The van der Waals surface area contributed by atoms with Crippen LogP contribution in [-0.2, 0) is 24.2 Å². The highest BCUT2D eigenvalue weighted by Gasteiger charge is 2.32. The second-order valence-electron chi connectivity index (χ2n) is 9.79. The fourth-order valence-corrected chi connectivity index (χ4v) is 5.50. The van der Waals surface area contributed by atoms with Gasteiger partial charge in [0.15, 0.2) is 11.5 Å². The summed E-state index contributed by atoms with van der Waals surface area (Å²) < 4.78 is 6.40. The number of anilines is 1. The molecule has 0 bridgehead atoms. The number of aromatic nitrogens is 6. The minimum Gasteiger partial charge on any atom is -0.491 e. The van der Waals surface area contributed by atoms with Crippen molar-refractivity contribution in [1.82, 2.24) is 40.1 Å². The van der Waals surface area contributed by atoms with Gasteiger partial charge in [0, 0.05) is 43.5 Å². The van der Waals surface area contributed by atoms with Crippen LogP contribution in [0.4, 0.5) is 10.6 Å². The van der Waals surface area contributed by atoms with Crippen LogP contribution in [0.2, 0.25) is 0 Å². The summed E-state index contributed by atoms with van der Waals surface area (Å²) in [5, 5.41) is 11.7. The van der Waals surface area contributed by atoms with Crippen molar-refractivity contribution in [2.24, 2.45) is 0 Å². The highest BCUT2D eigenvalue weighted by Crippen LogP contribution is 2.31. The first-order chi connectivity index (χ1) is 19.1. The third-order valence-electron chi connectivity index (χ3n) is 7.40. The van der Waals surface area contributed by atoms with Crippen LogP contribution in [-0.4, -0.2) is 83.7 Å². The number of fused-ring (bicyclic) bond motifs is 2. The maximum absolute atomic E-state index is 13.4. The predicted octanol–water partition coefficient (Wildman–Crippen LogP) is 1.89. The molecule has 1 unspecified atom stereocenters. The summed E-state index contributed by atoms with van der Waals surface area (Å²) in [7, 11) is 0. The van der Waals surface area contributed by atoms with Crippen molar-refractivity contribution < 1.29 is 19.4 Å². The molecule has 0 aliphatic carbocycles. The first-order valence-electron chi connectivity index (χ1n) is 13.0. The lowest BCUT2D eigenvalue weighted by molar-refractivity contribution is -0.134. The lowest BCUT2D eigenvalue weighted by Gasteiger charge is -2.33. The third kappa shape index (κ3) is 5.07. The third-order valence-corrected chi connectivity index (χ3v) is 7.40. The van der Waals surface area contributed by atoms with E-state index in [0.717, 1.165) is 47.6 Å². The normalized spacial score (nSPS) is 17.7. The molecule has 5 heterocycles. The molecule has 13 nitrogen and oxygen atoms in total. The molecule has 1 saturated heterocycles. The van der Waals surface area contributed by atoms with Gasteiger partial charge in [-0.05, 0) is 30.9 Å². The molecule has 0 radical (unpaired) electrons. The van der Waals surface area contributed by atoms with Crippen LogP contribution < -0.4 is 15.0 Å². The number of hydrogen-bond acceptors (Lipinski definition) is 8. The zero-order valence-corrected chi connectivity index (χ0v) is 21.2. The van der Waals surface area contributed by atoms with Crippen molar-refractivity contribution in [1.29, 1.82) is 0 Å². The first kappa shape index (κ1) is 24.6. The molecule has 4 N–H and O–H groups in total. The highest BCUT2D eigenvalue weighted by molar-refractivity contribution is 5.86. The number of hydrogen-bond donors (Lipinski definition) is 4. The number of H-pyrrole nitrogens is 2. The van der Waals surface area contributed by atoms with Gasteiger partial charge in [0.2, 0.25) is 5.91 Å². The average Bonchev–Trinajstić information content (AvgIpc) is 3.72. The lowest BCUT2D eigenvalue weighted by Crippen LogP contribution is -2.50.